The molecule has 1 aliphatic rings. The first-order valence-corrected chi connectivity index (χ1v) is 8.13. The van der Waals surface area contributed by atoms with E-state index < -0.39 is 0 Å². The van der Waals surface area contributed by atoms with Gasteiger partial charge in [-0.3, -0.25) is 4.79 Å². The van der Waals surface area contributed by atoms with Gasteiger partial charge in [0, 0.05) is 17.6 Å². The second-order valence-electron chi connectivity index (χ2n) is 5.30. The Kier molecular flexibility index (Phi) is 5.87. The number of aliphatic hydroxyl groups is 1. The number of nitrogens with one attached hydrogen (secondary N) is 1. The molecule has 5 heteroatoms. The minimum atomic E-state index is -0.154. The minimum absolute atomic E-state index is 0.154. The SMILES string of the molecule is O=C(NCC1CCCCC1CO)c1cccc(Br)c1Cl. The topological polar surface area (TPSA) is 49.3 Å². The van der Waals surface area contributed by atoms with Crippen LogP contribution in [0, 0.1) is 11.8 Å². The maximum absolute atomic E-state index is 12.2. The van der Waals surface area contributed by atoms with Gasteiger partial charge in [-0.05, 0) is 52.7 Å². The molecule has 2 rings (SSSR count). The first-order chi connectivity index (χ1) is 9.63. The van der Waals surface area contributed by atoms with Gasteiger partial charge in [-0.1, -0.05) is 30.5 Å². The largest absolute Gasteiger partial charge is 0.396 e. The van der Waals surface area contributed by atoms with Crippen LogP contribution in [0.2, 0.25) is 5.02 Å². The third-order valence-corrected chi connectivity index (χ3v) is 5.32. The number of hydrogen-bond donors (Lipinski definition) is 2. The number of amides is 1. The van der Waals surface area contributed by atoms with E-state index >= 15 is 0 Å². The summed E-state index contributed by atoms with van der Waals surface area (Å²) in [5.41, 5.74) is 0.484. The van der Waals surface area contributed by atoms with Crippen LogP contribution in [0.25, 0.3) is 0 Å². The zero-order chi connectivity index (χ0) is 14.5. The highest BCUT2D eigenvalue weighted by atomic mass is 79.9. The fourth-order valence-electron chi connectivity index (χ4n) is 2.79. The van der Waals surface area contributed by atoms with Crippen LogP contribution in [-0.4, -0.2) is 24.2 Å². The van der Waals surface area contributed by atoms with Crippen LogP contribution in [-0.2, 0) is 0 Å². The molecule has 0 spiro atoms. The molecule has 0 bridgehead atoms. The molecule has 3 nitrogen and oxygen atoms in total. The Morgan fingerprint density at radius 3 is 2.75 bits per heavy atom. The highest BCUT2D eigenvalue weighted by molar-refractivity contribution is 9.10. The minimum Gasteiger partial charge on any atom is -0.396 e. The number of hydrogen-bond acceptors (Lipinski definition) is 2. The zero-order valence-electron chi connectivity index (χ0n) is 11.2. The van der Waals surface area contributed by atoms with Crippen molar-refractivity contribution >= 4 is 33.4 Å². The van der Waals surface area contributed by atoms with E-state index in [0.717, 1.165) is 17.3 Å². The van der Waals surface area contributed by atoms with Crippen molar-refractivity contribution < 1.29 is 9.90 Å². The number of aliphatic hydroxyl groups excluding tert-OH is 1. The molecule has 20 heavy (non-hydrogen) atoms. The predicted octanol–water partition coefficient (Wildman–Crippen LogP) is 3.63. The van der Waals surface area contributed by atoms with Gasteiger partial charge in [0.15, 0.2) is 0 Å². The molecule has 0 aromatic heterocycles. The summed E-state index contributed by atoms with van der Waals surface area (Å²) in [5.74, 6) is 0.518. The van der Waals surface area contributed by atoms with Crippen LogP contribution in [0.15, 0.2) is 22.7 Å². The van der Waals surface area contributed by atoms with Crippen LogP contribution in [0.5, 0.6) is 0 Å². The normalized spacial score (nSPS) is 22.6. The summed E-state index contributed by atoms with van der Waals surface area (Å²) in [6, 6.07) is 5.32. The van der Waals surface area contributed by atoms with Crippen molar-refractivity contribution in [3.63, 3.8) is 0 Å². The van der Waals surface area contributed by atoms with Crippen LogP contribution in [0.3, 0.4) is 0 Å². The molecule has 0 radical (unpaired) electrons. The Hall–Kier alpha value is -0.580. The van der Waals surface area contributed by atoms with Crippen molar-refractivity contribution in [2.75, 3.05) is 13.2 Å². The van der Waals surface area contributed by atoms with Gasteiger partial charge in [-0.25, -0.2) is 0 Å². The zero-order valence-corrected chi connectivity index (χ0v) is 13.6. The van der Waals surface area contributed by atoms with Crippen molar-refractivity contribution in [3.8, 4) is 0 Å². The molecule has 0 heterocycles. The molecule has 2 atom stereocenters. The lowest BCUT2D eigenvalue weighted by atomic mass is 9.79. The van der Waals surface area contributed by atoms with Crippen molar-refractivity contribution in [1.29, 1.82) is 0 Å². The predicted molar refractivity (Wildman–Crippen MR) is 84.0 cm³/mol. The molecule has 0 aliphatic heterocycles. The average molecular weight is 361 g/mol. The lowest BCUT2D eigenvalue weighted by Crippen LogP contribution is -2.35. The third kappa shape index (κ3) is 3.74. The Bertz CT molecular complexity index is 481. The summed E-state index contributed by atoms with van der Waals surface area (Å²) in [4.78, 5) is 12.2. The van der Waals surface area contributed by atoms with Gasteiger partial charge in [0.25, 0.3) is 5.91 Å². The van der Waals surface area contributed by atoms with E-state index in [2.05, 4.69) is 21.2 Å². The lowest BCUT2D eigenvalue weighted by molar-refractivity contribution is 0.0909. The number of benzene rings is 1. The summed E-state index contributed by atoms with van der Waals surface area (Å²) in [6.45, 7) is 0.811. The van der Waals surface area contributed by atoms with E-state index in [1.165, 1.54) is 12.8 Å². The van der Waals surface area contributed by atoms with Crippen LogP contribution in [0.4, 0.5) is 0 Å². The molecule has 0 saturated heterocycles. The molecule has 1 fully saturated rings. The number of carbonyl (C=O) groups is 1. The third-order valence-electron chi connectivity index (χ3n) is 4.02. The van der Waals surface area contributed by atoms with Crippen molar-refractivity contribution in [2.24, 2.45) is 11.8 Å². The Morgan fingerprint density at radius 2 is 2.05 bits per heavy atom. The van der Waals surface area contributed by atoms with E-state index in [1.54, 1.807) is 12.1 Å². The summed E-state index contributed by atoms with van der Waals surface area (Å²) in [7, 11) is 0. The Labute approximate surface area is 132 Å². The van der Waals surface area contributed by atoms with Crippen molar-refractivity contribution in [1.82, 2.24) is 5.32 Å². The van der Waals surface area contributed by atoms with Gasteiger partial charge in [0.05, 0.1) is 10.6 Å². The number of carbonyl (C=O) groups excluding carboxylic acids is 1. The monoisotopic (exact) mass is 359 g/mol. The van der Waals surface area contributed by atoms with Crippen molar-refractivity contribution in [3.05, 3.63) is 33.3 Å². The maximum Gasteiger partial charge on any atom is 0.252 e. The first-order valence-electron chi connectivity index (χ1n) is 6.96. The second-order valence-corrected chi connectivity index (χ2v) is 6.53. The average Bonchev–Trinajstić information content (AvgIpc) is 2.48. The Balaban J connectivity index is 1.96. The maximum atomic E-state index is 12.2. The lowest BCUT2D eigenvalue weighted by Gasteiger charge is -2.30. The molecule has 2 unspecified atom stereocenters. The fourth-order valence-corrected chi connectivity index (χ4v) is 3.37. The fraction of sp³-hybridized carbons (Fsp3) is 0.533. The van der Waals surface area contributed by atoms with Crippen LogP contribution in [0.1, 0.15) is 36.0 Å². The molecule has 1 aromatic rings. The quantitative estimate of drug-likeness (QED) is 0.861. The summed E-state index contributed by atoms with van der Waals surface area (Å²) in [6.07, 6.45) is 4.47. The molecular weight excluding hydrogens is 342 g/mol. The summed E-state index contributed by atoms with van der Waals surface area (Å²) < 4.78 is 0.720. The molecule has 1 amide bonds. The Morgan fingerprint density at radius 1 is 1.35 bits per heavy atom. The van der Waals surface area contributed by atoms with Gasteiger partial charge in [-0.2, -0.15) is 0 Å². The van der Waals surface area contributed by atoms with Gasteiger partial charge in [-0.15, -0.1) is 0 Å². The molecular formula is C15H19BrClNO2. The molecule has 1 aromatic carbocycles. The van der Waals surface area contributed by atoms with E-state index in [-0.39, 0.29) is 12.5 Å². The van der Waals surface area contributed by atoms with Gasteiger partial charge >= 0.3 is 0 Å². The molecule has 2 N–H and O–H groups in total. The van der Waals surface area contributed by atoms with Crippen LogP contribution < -0.4 is 5.32 Å². The van der Waals surface area contributed by atoms with E-state index in [0.29, 0.717) is 29.0 Å². The van der Waals surface area contributed by atoms with Gasteiger partial charge in [0.1, 0.15) is 0 Å². The smallest absolute Gasteiger partial charge is 0.252 e. The molecule has 1 aliphatic carbocycles. The van der Waals surface area contributed by atoms with Gasteiger partial charge in [0.2, 0.25) is 0 Å². The van der Waals surface area contributed by atoms with Gasteiger partial charge < -0.3 is 10.4 Å². The highest BCUT2D eigenvalue weighted by Crippen LogP contribution is 2.29. The van der Waals surface area contributed by atoms with E-state index in [4.69, 9.17) is 11.6 Å². The van der Waals surface area contributed by atoms with E-state index in [9.17, 15) is 9.90 Å². The number of rotatable bonds is 4. The number of halogens is 2. The standard InChI is InChI=1S/C15H19BrClNO2/c16-13-7-3-6-12(14(13)17)15(20)18-8-10-4-1-2-5-11(10)9-19/h3,6-7,10-11,19H,1-2,4-5,8-9H2,(H,18,20). The van der Waals surface area contributed by atoms with Crippen LogP contribution >= 0.6 is 27.5 Å². The van der Waals surface area contributed by atoms with E-state index in [1.807, 2.05) is 6.07 Å². The highest BCUT2D eigenvalue weighted by Gasteiger charge is 2.25. The molecule has 1 saturated carbocycles. The second kappa shape index (κ2) is 7.43. The first kappa shape index (κ1) is 15.8. The summed E-state index contributed by atoms with van der Waals surface area (Å²) in [5, 5.41) is 12.8. The molecule has 110 valence electrons. The van der Waals surface area contributed by atoms with Crippen molar-refractivity contribution in [2.45, 2.75) is 25.7 Å². The summed E-state index contributed by atoms with van der Waals surface area (Å²) >= 11 is 9.44.